The summed E-state index contributed by atoms with van der Waals surface area (Å²) in [5, 5.41) is 11.9. The van der Waals surface area contributed by atoms with E-state index < -0.39 is 6.04 Å². The third kappa shape index (κ3) is 4.00. The molecular formula is C24H25N5O3. The summed E-state index contributed by atoms with van der Waals surface area (Å²) in [7, 11) is 0. The normalized spacial score (nSPS) is 12.0. The lowest BCUT2D eigenvalue weighted by Gasteiger charge is -2.29. The molecule has 2 heterocycles. The van der Waals surface area contributed by atoms with Crippen molar-refractivity contribution in [1.29, 1.82) is 0 Å². The lowest BCUT2D eigenvalue weighted by Crippen LogP contribution is -2.48. The number of para-hydroxylation sites is 1. The molecule has 0 bridgehead atoms. The first kappa shape index (κ1) is 21.3. The molecule has 32 heavy (non-hydrogen) atoms. The van der Waals surface area contributed by atoms with E-state index in [0.29, 0.717) is 22.6 Å². The van der Waals surface area contributed by atoms with Crippen molar-refractivity contribution in [3.63, 3.8) is 0 Å². The largest absolute Gasteiger partial charge is 0.457 e. The minimum atomic E-state index is -0.441. The van der Waals surface area contributed by atoms with Crippen molar-refractivity contribution in [2.75, 3.05) is 17.3 Å². The van der Waals surface area contributed by atoms with Gasteiger partial charge in [0.1, 0.15) is 23.6 Å². The number of aliphatic hydroxyl groups is 1. The number of aliphatic hydroxyl groups excluding tert-OH is 1. The van der Waals surface area contributed by atoms with E-state index in [-0.39, 0.29) is 18.9 Å². The van der Waals surface area contributed by atoms with Crippen molar-refractivity contribution >= 4 is 22.8 Å². The number of carbonyl (C=O) groups is 1. The maximum Gasteiger partial charge on any atom is 0.241 e. The summed E-state index contributed by atoms with van der Waals surface area (Å²) < 4.78 is 7.54. The van der Waals surface area contributed by atoms with Crippen LogP contribution in [0.5, 0.6) is 11.5 Å². The van der Waals surface area contributed by atoms with Crippen LogP contribution >= 0.6 is 0 Å². The van der Waals surface area contributed by atoms with Crippen molar-refractivity contribution in [2.45, 2.75) is 26.3 Å². The number of nitrogens with two attached hydrogens (primary N) is 1. The first-order valence-electron chi connectivity index (χ1n) is 10.4. The molecule has 0 radical (unpaired) electrons. The molecule has 0 aliphatic carbocycles. The van der Waals surface area contributed by atoms with E-state index in [2.05, 4.69) is 9.97 Å². The summed E-state index contributed by atoms with van der Waals surface area (Å²) in [6.45, 7) is 3.37. The number of rotatable bonds is 7. The number of ether oxygens (including phenoxy) is 1. The van der Waals surface area contributed by atoms with Gasteiger partial charge in [-0.3, -0.25) is 4.79 Å². The average molecular weight is 431 g/mol. The third-order valence-electron chi connectivity index (χ3n) is 5.21. The number of nitrogen functional groups attached to an aromatic ring is 1. The molecule has 0 spiro atoms. The van der Waals surface area contributed by atoms with Crippen molar-refractivity contribution < 1.29 is 14.6 Å². The number of hydrogen-bond acceptors (Lipinski definition) is 6. The summed E-state index contributed by atoms with van der Waals surface area (Å²) in [5.41, 5.74) is 8.37. The van der Waals surface area contributed by atoms with E-state index in [1.807, 2.05) is 60.8 Å². The standard InChI is InChI=1S/C24H25N5O3/c1-3-21(31)29(16(2)14-30)28-13-20(22-23(25)26-15-27-24(22)28)17-9-11-19(12-10-17)32-18-7-5-4-6-8-18/h4-13,15-16,30H,3,14H2,1-2H3,(H2,25,26,27). The van der Waals surface area contributed by atoms with Crippen LogP contribution in [0, 0.1) is 0 Å². The predicted molar refractivity (Wildman–Crippen MR) is 124 cm³/mol. The second kappa shape index (κ2) is 9.07. The molecule has 3 N–H and O–H groups in total. The van der Waals surface area contributed by atoms with Crippen molar-refractivity contribution in [1.82, 2.24) is 14.6 Å². The van der Waals surface area contributed by atoms with Gasteiger partial charge in [0.05, 0.1) is 18.0 Å². The molecule has 8 heteroatoms. The molecule has 164 valence electrons. The zero-order valence-corrected chi connectivity index (χ0v) is 18.0. The fourth-order valence-electron chi connectivity index (χ4n) is 3.60. The van der Waals surface area contributed by atoms with Crippen LogP contribution in [0.1, 0.15) is 20.3 Å². The minimum absolute atomic E-state index is 0.140. The maximum absolute atomic E-state index is 12.7. The highest BCUT2D eigenvalue weighted by Gasteiger charge is 2.25. The number of benzene rings is 2. The Bertz CT molecular complexity index is 1220. The van der Waals surface area contributed by atoms with Crippen molar-refractivity contribution in [3.8, 4) is 22.6 Å². The van der Waals surface area contributed by atoms with Gasteiger partial charge in [0.25, 0.3) is 0 Å². The summed E-state index contributed by atoms with van der Waals surface area (Å²) >= 11 is 0. The molecule has 1 unspecified atom stereocenters. The molecule has 4 aromatic rings. The number of amides is 1. The van der Waals surface area contributed by atoms with Gasteiger partial charge in [0.2, 0.25) is 5.91 Å². The van der Waals surface area contributed by atoms with Gasteiger partial charge in [0.15, 0.2) is 5.65 Å². The summed E-state index contributed by atoms with van der Waals surface area (Å²) in [6, 6.07) is 16.7. The Labute approximate surface area is 185 Å². The Morgan fingerprint density at radius 2 is 1.81 bits per heavy atom. The fraction of sp³-hybridized carbons (Fsp3) is 0.208. The lowest BCUT2D eigenvalue weighted by molar-refractivity contribution is -0.120. The molecule has 0 saturated carbocycles. The Hall–Kier alpha value is -3.91. The van der Waals surface area contributed by atoms with Gasteiger partial charge in [0, 0.05) is 18.2 Å². The van der Waals surface area contributed by atoms with Crippen LogP contribution < -0.4 is 15.5 Å². The second-order valence-electron chi connectivity index (χ2n) is 7.41. The van der Waals surface area contributed by atoms with Gasteiger partial charge >= 0.3 is 0 Å². The molecule has 8 nitrogen and oxygen atoms in total. The Morgan fingerprint density at radius 1 is 1.12 bits per heavy atom. The summed E-state index contributed by atoms with van der Waals surface area (Å²) in [5.74, 6) is 1.62. The van der Waals surface area contributed by atoms with Crippen LogP contribution in [0.25, 0.3) is 22.2 Å². The third-order valence-corrected chi connectivity index (χ3v) is 5.21. The van der Waals surface area contributed by atoms with Gasteiger partial charge in [-0.2, -0.15) is 0 Å². The smallest absolute Gasteiger partial charge is 0.241 e. The predicted octanol–water partition coefficient (Wildman–Crippen LogP) is 3.73. The van der Waals surface area contributed by atoms with E-state index in [9.17, 15) is 9.90 Å². The van der Waals surface area contributed by atoms with Crippen LogP contribution in [0.4, 0.5) is 5.82 Å². The second-order valence-corrected chi connectivity index (χ2v) is 7.41. The minimum Gasteiger partial charge on any atom is -0.457 e. The van der Waals surface area contributed by atoms with Crippen LogP contribution in [-0.4, -0.2) is 38.3 Å². The van der Waals surface area contributed by atoms with E-state index in [1.54, 1.807) is 18.5 Å². The molecule has 4 rings (SSSR count). The number of nitrogens with zero attached hydrogens (tertiary/aromatic N) is 4. The van der Waals surface area contributed by atoms with Gasteiger partial charge in [-0.1, -0.05) is 37.3 Å². The first-order valence-corrected chi connectivity index (χ1v) is 10.4. The van der Waals surface area contributed by atoms with E-state index in [4.69, 9.17) is 10.5 Å². The number of aromatic nitrogens is 3. The molecule has 2 aromatic heterocycles. The fourth-order valence-corrected chi connectivity index (χ4v) is 3.60. The van der Waals surface area contributed by atoms with Gasteiger partial charge < -0.3 is 15.6 Å². The Morgan fingerprint density at radius 3 is 2.47 bits per heavy atom. The summed E-state index contributed by atoms with van der Waals surface area (Å²) in [6.07, 6.45) is 3.46. The van der Waals surface area contributed by atoms with Crippen LogP contribution in [0.15, 0.2) is 67.1 Å². The molecule has 0 fully saturated rings. The molecule has 2 aromatic carbocycles. The van der Waals surface area contributed by atoms with E-state index >= 15 is 0 Å². The number of anilines is 1. The van der Waals surface area contributed by atoms with Crippen molar-refractivity contribution in [2.24, 2.45) is 0 Å². The number of fused-ring (bicyclic) bond motifs is 1. The molecule has 0 aliphatic rings. The summed E-state index contributed by atoms with van der Waals surface area (Å²) in [4.78, 5) is 21.2. The van der Waals surface area contributed by atoms with Gasteiger partial charge in [-0.15, -0.1) is 0 Å². The quantitative estimate of drug-likeness (QED) is 0.462. The van der Waals surface area contributed by atoms with Crippen molar-refractivity contribution in [3.05, 3.63) is 67.1 Å². The SMILES string of the molecule is CCC(=O)N(C(C)CO)n1cc(-c2ccc(Oc3ccccc3)cc2)c2c(N)ncnc21. The van der Waals surface area contributed by atoms with Crippen LogP contribution in [-0.2, 0) is 4.79 Å². The molecule has 0 aliphatic heterocycles. The zero-order chi connectivity index (χ0) is 22.7. The maximum atomic E-state index is 12.7. The Kier molecular flexibility index (Phi) is 6.04. The highest BCUT2D eigenvalue weighted by atomic mass is 16.5. The van der Waals surface area contributed by atoms with E-state index in [1.165, 1.54) is 11.3 Å². The Balaban J connectivity index is 1.79. The molecule has 0 saturated heterocycles. The van der Waals surface area contributed by atoms with E-state index in [0.717, 1.165) is 16.9 Å². The number of carbonyl (C=O) groups excluding carboxylic acids is 1. The first-order chi connectivity index (χ1) is 15.5. The zero-order valence-electron chi connectivity index (χ0n) is 18.0. The van der Waals surface area contributed by atoms with Gasteiger partial charge in [-0.05, 0) is 36.8 Å². The molecule has 1 atom stereocenters. The van der Waals surface area contributed by atoms with Crippen LogP contribution in [0.2, 0.25) is 0 Å². The van der Waals surface area contributed by atoms with Gasteiger partial charge in [-0.25, -0.2) is 19.7 Å². The molecular weight excluding hydrogens is 406 g/mol. The highest BCUT2D eigenvalue weighted by molar-refractivity contribution is 6.02. The van der Waals surface area contributed by atoms with Crippen LogP contribution in [0.3, 0.4) is 0 Å². The molecule has 1 amide bonds. The average Bonchev–Trinajstić information content (AvgIpc) is 3.20. The lowest BCUT2D eigenvalue weighted by atomic mass is 10.1. The monoisotopic (exact) mass is 431 g/mol. The topological polar surface area (TPSA) is 106 Å². The highest BCUT2D eigenvalue weighted by Crippen LogP contribution is 2.34. The number of hydrogen-bond donors (Lipinski definition) is 2.